The molecular formula is C21H25Cl2N5O. The molecule has 0 unspecified atom stereocenters. The Bertz CT molecular complexity index is 976. The van der Waals surface area contributed by atoms with Crippen LogP contribution in [0.3, 0.4) is 0 Å². The largest absolute Gasteiger partial charge is 0.350 e. The molecule has 2 aromatic heterocycles. The first-order chi connectivity index (χ1) is 13.2. The highest BCUT2D eigenvalue weighted by atomic mass is 35.5. The third-order valence-corrected chi connectivity index (χ3v) is 6.89. The van der Waals surface area contributed by atoms with Crippen LogP contribution in [-0.4, -0.2) is 27.4 Å². The van der Waals surface area contributed by atoms with E-state index in [9.17, 15) is 4.79 Å². The smallest absolute Gasteiger partial charge is 0.276 e. The highest BCUT2D eigenvalue weighted by molar-refractivity contribution is 6.14. The monoisotopic (exact) mass is 433 g/mol. The minimum atomic E-state index is -0.138. The number of nitrogens with zero attached hydrogens (tertiary/aromatic N) is 2. The molecule has 0 saturated heterocycles. The fourth-order valence-electron chi connectivity index (χ4n) is 6.29. The number of fused-ring (bicyclic) bond motifs is 1. The van der Waals surface area contributed by atoms with Crippen LogP contribution in [-0.2, 0) is 4.79 Å². The summed E-state index contributed by atoms with van der Waals surface area (Å²) >= 11 is 0. The number of hydrogen-bond donors (Lipinski definition) is 3. The van der Waals surface area contributed by atoms with Gasteiger partial charge in [-0.1, -0.05) is 0 Å². The van der Waals surface area contributed by atoms with Crippen LogP contribution < -0.4 is 10.6 Å². The van der Waals surface area contributed by atoms with E-state index < -0.39 is 0 Å². The molecule has 6 nitrogen and oxygen atoms in total. The molecule has 3 N–H and O–H groups in total. The average Bonchev–Trinajstić information content (AvgIpc) is 3.17. The van der Waals surface area contributed by atoms with Crippen molar-refractivity contribution >= 4 is 53.8 Å². The van der Waals surface area contributed by atoms with Crippen molar-refractivity contribution in [3.63, 3.8) is 0 Å². The van der Waals surface area contributed by atoms with Gasteiger partial charge in [0.05, 0.1) is 0 Å². The minimum absolute atomic E-state index is 0. The van der Waals surface area contributed by atoms with Crippen molar-refractivity contribution in [1.29, 1.82) is 0 Å². The van der Waals surface area contributed by atoms with Crippen molar-refractivity contribution in [3.8, 4) is 0 Å². The summed E-state index contributed by atoms with van der Waals surface area (Å²) in [6, 6.07) is 3.90. The van der Waals surface area contributed by atoms with E-state index in [2.05, 4.69) is 25.6 Å². The zero-order valence-electron chi connectivity index (χ0n) is 16.0. The zero-order valence-corrected chi connectivity index (χ0v) is 17.6. The maximum Gasteiger partial charge on any atom is 0.276 e. The van der Waals surface area contributed by atoms with Gasteiger partial charge in [-0.3, -0.25) is 10.1 Å². The third kappa shape index (κ3) is 3.42. The molecule has 0 aromatic carbocycles. The third-order valence-electron chi connectivity index (χ3n) is 6.89. The van der Waals surface area contributed by atoms with E-state index in [0.717, 1.165) is 34.4 Å². The van der Waals surface area contributed by atoms with Crippen molar-refractivity contribution < 1.29 is 4.79 Å². The number of guanidine groups is 1. The highest BCUT2D eigenvalue weighted by Gasteiger charge is 2.51. The number of nitrogens with one attached hydrogen (secondary N) is 3. The molecule has 2 aromatic rings. The van der Waals surface area contributed by atoms with E-state index in [0.29, 0.717) is 11.7 Å². The number of hydrogen-bond acceptors (Lipinski definition) is 4. The summed E-state index contributed by atoms with van der Waals surface area (Å²) in [5.74, 6) is 3.06. The van der Waals surface area contributed by atoms with Crippen LogP contribution >= 0.6 is 24.8 Å². The first-order valence-corrected chi connectivity index (χ1v) is 9.98. The number of carbonyl (C=O) groups is 1. The molecule has 7 rings (SSSR count). The van der Waals surface area contributed by atoms with E-state index in [1.807, 2.05) is 24.4 Å². The molecule has 154 valence electrons. The molecule has 0 radical (unpaired) electrons. The first kappa shape index (κ1) is 20.2. The molecule has 4 bridgehead atoms. The number of aliphatic imine (C=N–C) groups is 1. The molecule has 29 heavy (non-hydrogen) atoms. The highest BCUT2D eigenvalue weighted by Crippen LogP contribution is 2.55. The predicted molar refractivity (Wildman–Crippen MR) is 118 cm³/mol. The number of carbonyl (C=O) groups excluding carboxylic acids is 1. The fourth-order valence-corrected chi connectivity index (χ4v) is 6.29. The Morgan fingerprint density at radius 1 is 1.10 bits per heavy atom. The number of halogens is 2. The molecular weight excluding hydrogens is 409 g/mol. The lowest BCUT2D eigenvalue weighted by atomic mass is 9.53. The number of rotatable bonds is 2. The Morgan fingerprint density at radius 3 is 2.48 bits per heavy atom. The van der Waals surface area contributed by atoms with Gasteiger partial charge in [0.15, 0.2) is 0 Å². The molecule has 5 aliphatic rings. The standard InChI is InChI=1S/C21H23N5O.2ClH/c27-19-17(7-15-11-23-18-16(15)2-1-3-22-18)24-20(25-19)26-21-8-12-4-13(9-21)6-14(5-12)10-21;;/h1-3,7,11-14H,4-6,8-10H2,(H,22,23)(H2,24,25,26,27);2*1H/b17-7-;;. The van der Waals surface area contributed by atoms with E-state index in [1.54, 1.807) is 6.20 Å². The second-order valence-corrected chi connectivity index (χ2v) is 8.91. The van der Waals surface area contributed by atoms with Crippen LogP contribution in [0.1, 0.15) is 44.1 Å². The normalized spacial score (nSPS) is 33.2. The van der Waals surface area contributed by atoms with Gasteiger partial charge in [-0.25, -0.2) is 9.98 Å². The summed E-state index contributed by atoms with van der Waals surface area (Å²) in [4.78, 5) is 24.5. The second-order valence-electron chi connectivity index (χ2n) is 8.91. The molecule has 1 aliphatic heterocycles. The van der Waals surface area contributed by atoms with E-state index >= 15 is 0 Å². The number of amides is 1. The lowest BCUT2D eigenvalue weighted by molar-refractivity contribution is -0.115. The molecule has 1 amide bonds. The van der Waals surface area contributed by atoms with Gasteiger partial charge >= 0.3 is 0 Å². The van der Waals surface area contributed by atoms with E-state index in [4.69, 9.17) is 0 Å². The zero-order chi connectivity index (χ0) is 18.0. The van der Waals surface area contributed by atoms with Crippen LogP contribution in [0, 0.1) is 17.8 Å². The van der Waals surface area contributed by atoms with Gasteiger partial charge in [0, 0.05) is 28.9 Å². The Labute approximate surface area is 181 Å². The average molecular weight is 434 g/mol. The first-order valence-electron chi connectivity index (χ1n) is 9.98. The van der Waals surface area contributed by atoms with Gasteiger partial charge in [-0.2, -0.15) is 0 Å². The van der Waals surface area contributed by atoms with E-state index in [-0.39, 0.29) is 36.3 Å². The summed E-state index contributed by atoms with van der Waals surface area (Å²) in [6.07, 6.45) is 13.3. The van der Waals surface area contributed by atoms with Gasteiger partial charge in [-0.15, -0.1) is 24.8 Å². The lowest BCUT2D eigenvalue weighted by Crippen LogP contribution is -2.61. The van der Waals surface area contributed by atoms with Crippen molar-refractivity contribution in [3.05, 3.63) is 35.8 Å². The van der Waals surface area contributed by atoms with Crippen molar-refractivity contribution in [2.24, 2.45) is 22.7 Å². The Morgan fingerprint density at radius 2 is 1.79 bits per heavy atom. The second kappa shape index (κ2) is 7.33. The summed E-state index contributed by atoms with van der Waals surface area (Å²) in [7, 11) is 0. The van der Waals surface area contributed by atoms with E-state index in [1.165, 1.54) is 38.5 Å². The van der Waals surface area contributed by atoms with Gasteiger partial charge in [0.2, 0.25) is 5.96 Å². The molecule has 8 heteroatoms. The van der Waals surface area contributed by atoms with Crippen molar-refractivity contribution in [2.75, 3.05) is 0 Å². The maximum atomic E-state index is 12.5. The molecule has 0 atom stereocenters. The van der Waals surface area contributed by atoms with Gasteiger partial charge in [0.25, 0.3) is 5.91 Å². The van der Waals surface area contributed by atoms with Crippen LogP contribution in [0.25, 0.3) is 17.1 Å². The molecule has 3 heterocycles. The lowest BCUT2D eigenvalue weighted by Gasteiger charge is -2.57. The topological polar surface area (TPSA) is 82.2 Å². The molecule has 4 fully saturated rings. The van der Waals surface area contributed by atoms with Crippen LogP contribution in [0.2, 0.25) is 0 Å². The predicted octanol–water partition coefficient (Wildman–Crippen LogP) is 3.79. The Balaban J connectivity index is 0.00000102. The number of aromatic nitrogens is 2. The van der Waals surface area contributed by atoms with Crippen LogP contribution in [0.15, 0.2) is 35.2 Å². The summed E-state index contributed by atoms with van der Waals surface area (Å²) in [5.41, 5.74) is 2.34. The van der Waals surface area contributed by atoms with Crippen molar-refractivity contribution in [1.82, 2.24) is 20.6 Å². The Kier molecular flexibility index (Phi) is 5.11. The number of aromatic amines is 1. The summed E-state index contributed by atoms with van der Waals surface area (Å²) in [6.45, 7) is 0. The Hall–Kier alpha value is -2.05. The van der Waals surface area contributed by atoms with Crippen LogP contribution in [0.5, 0.6) is 0 Å². The molecule has 0 spiro atoms. The number of H-pyrrole nitrogens is 1. The van der Waals surface area contributed by atoms with Crippen LogP contribution in [0.4, 0.5) is 0 Å². The van der Waals surface area contributed by atoms with Crippen molar-refractivity contribution in [2.45, 2.75) is 44.1 Å². The summed E-state index contributed by atoms with van der Waals surface area (Å²) < 4.78 is 0. The molecule has 4 saturated carbocycles. The SMILES string of the molecule is Cl.Cl.O=C1NC(NC23CC4CC(CC(C4)C2)C3)=N/C1=C\c1c[nH]c2ncccc12. The number of pyridine rings is 1. The van der Waals surface area contributed by atoms with Gasteiger partial charge < -0.3 is 10.3 Å². The fraction of sp³-hybridized carbons (Fsp3) is 0.476. The maximum absolute atomic E-state index is 12.5. The van der Waals surface area contributed by atoms with Gasteiger partial charge in [-0.05, 0) is 74.5 Å². The summed E-state index contributed by atoms with van der Waals surface area (Å²) in [5, 5.41) is 7.60. The van der Waals surface area contributed by atoms with Gasteiger partial charge in [0.1, 0.15) is 11.3 Å². The minimum Gasteiger partial charge on any atom is -0.350 e. The quantitative estimate of drug-likeness (QED) is 0.629. The molecule has 4 aliphatic carbocycles.